The van der Waals surface area contributed by atoms with Crippen LogP contribution in [0.1, 0.15) is 20.8 Å². The van der Waals surface area contributed by atoms with Crippen molar-refractivity contribution in [2.24, 2.45) is 0 Å². The van der Waals surface area contributed by atoms with Gasteiger partial charge in [-0.3, -0.25) is 0 Å². The van der Waals surface area contributed by atoms with E-state index in [2.05, 4.69) is 0 Å². The molecular weight excluding hydrogens is 120 g/mol. The Labute approximate surface area is 55.3 Å². The number of rotatable bonds is 3. The molecule has 3 heteroatoms. The number of hydrogen-bond acceptors (Lipinski definition) is 2. The summed E-state index contributed by atoms with van der Waals surface area (Å²) < 4.78 is 4.78. The summed E-state index contributed by atoms with van der Waals surface area (Å²) in [5.74, 6) is 0. The lowest BCUT2D eigenvalue weighted by Crippen LogP contribution is -2.32. The predicted octanol–water partition coefficient (Wildman–Crippen LogP) is 0.550. The molecule has 3 nitrogen and oxygen atoms in total. The van der Waals surface area contributed by atoms with Crippen LogP contribution in [0, 0.1) is 0 Å². The summed E-state index contributed by atoms with van der Waals surface area (Å²) in [6.07, 6.45) is -1.06. The van der Waals surface area contributed by atoms with E-state index in [9.17, 15) is 5.11 Å². The highest BCUT2D eigenvalue weighted by Crippen LogP contribution is 2.09. The zero-order chi connectivity index (χ0) is 7.49. The molecule has 0 aromatic heterocycles. The molecule has 1 radical (unpaired) electrons. The molecule has 0 aliphatic heterocycles. The van der Waals surface area contributed by atoms with Crippen LogP contribution in [-0.2, 0) is 9.84 Å². The van der Waals surface area contributed by atoms with Gasteiger partial charge >= 0.3 is 0 Å². The fraction of sp³-hybridized carbons (Fsp3) is 1.00. The summed E-state index contributed by atoms with van der Waals surface area (Å²) in [4.78, 5) is 0. The van der Waals surface area contributed by atoms with Crippen LogP contribution in [0.3, 0.4) is 0 Å². The SMILES string of the molecule is CC([O])OC(C)(C)CO. The van der Waals surface area contributed by atoms with Gasteiger partial charge in [0.1, 0.15) is 0 Å². The number of aliphatic hydroxyl groups is 1. The molecule has 0 saturated carbocycles. The molecule has 55 valence electrons. The van der Waals surface area contributed by atoms with Gasteiger partial charge in [0, 0.05) is 0 Å². The highest BCUT2D eigenvalue weighted by Gasteiger charge is 2.19. The van der Waals surface area contributed by atoms with Crippen LogP contribution < -0.4 is 0 Å². The van der Waals surface area contributed by atoms with Gasteiger partial charge in [-0.25, -0.2) is 5.11 Å². The second kappa shape index (κ2) is 3.15. The predicted molar refractivity (Wildman–Crippen MR) is 32.4 cm³/mol. The molecule has 0 spiro atoms. The fourth-order valence-corrected chi connectivity index (χ4v) is 0.487. The molecule has 0 aromatic carbocycles. The molecule has 0 saturated heterocycles. The second-order valence-electron chi connectivity index (χ2n) is 2.60. The molecule has 0 aliphatic carbocycles. The highest BCUT2D eigenvalue weighted by molar-refractivity contribution is 4.65. The molecule has 0 fully saturated rings. The van der Waals surface area contributed by atoms with E-state index in [0.717, 1.165) is 0 Å². The van der Waals surface area contributed by atoms with E-state index >= 15 is 0 Å². The maximum Gasteiger partial charge on any atom is 0.189 e. The van der Waals surface area contributed by atoms with Gasteiger partial charge in [-0.05, 0) is 20.8 Å². The normalized spacial score (nSPS) is 15.7. The highest BCUT2D eigenvalue weighted by atomic mass is 16.6. The van der Waals surface area contributed by atoms with Gasteiger partial charge in [-0.15, -0.1) is 0 Å². The molecular formula is C6H13O3. The van der Waals surface area contributed by atoms with Crippen molar-refractivity contribution in [3.05, 3.63) is 0 Å². The largest absolute Gasteiger partial charge is 0.393 e. The first kappa shape index (κ1) is 8.88. The van der Waals surface area contributed by atoms with E-state index in [1.165, 1.54) is 6.92 Å². The van der Waals surface area contributed by atoms with E-state index in [0.29, 0.717) is 0 Å². The van der Waals surface area contributed by atoms with E-state index in [1.807, 2.05) is 0 Å². The van der Waals surface area contributed by atoms with Gasteiger partial charge in [-0.2, -0.15) is 0 Å². The minimum absolute atomic E-state index is 0.125. The maximum absolute atomic E-state index is 10.4. The molecule has 9 heavy (non-hydrogen) atoms. The summed E-state index contributed by atoms with van der Waals surface area (Å²) in [6, 6.07) is 0. The Morgan fingerprint density at radius 1 is 1.67 bits per heavy atom. The first-order valence-corrected chi connectivity index (χ1v) is 2.92. The average Bonchev–Trinajstić information content (AvgIpc) is 1.63. The Kier molecular flexibility index (Phi) is 3.11. The smallest absolute Gasteiger partial charge is 0.189 e. The Morgan fingerprint density at radius 3 is 2.22 bits per heavy atom. The molecule has 0 rings (SSSR count). The molecule has 0 bridgehead atoms. The first-order chi connectivity index (χ1) is 3.98. The molecule has 0 heterocycles. The Hall–Kier alpha value is -0.120. The Bertz CT molecular complexity index is 78.4. The first-order valence-electron chi connectivity index (χ1n) is 2.92. The topological polar surface area (TPSA) is 49.4 Å². The summed E-state index contributed by atoms with van der Waals surface area (Å²) in [5.41, 5.74) is -0.693. The Balaban J connectivity index is 3.58. The van der Waals surface area contributed by atoms with Crippen molar-refractivity contribution in [2.75, 3.05) is 6.61 Å². The molecule has 1 atom stereocenters. The molecule has 0 aromatic rings. The van der Waals surface area contributed by atoms with Gasteiger partial charge in [0.25, 0.3) is 0 Å². The molecule has 0 aliphatic rings. The zero-order valence-corrected chi connectivity index (χ0v) is 6.05. The van der Waals surface area contributed by atoms with E-state index in [4.69, 9.17) is 9.84 Å². The summed E-state index contributed by atoms with van der Waals surface area (Å²) in [6.45, 7) is 4.61. The van der Waals surface area contributed by atoms with Gasteiger partial charge in [-0.1, -0.05) is 0 Å². The van der Waals surface area contributed by atoms with Crippen LogP contribution >= 0.6 is 0 Å². The third kappa shape index (κ3) is 4.39. The van der Waals surface area contributed by atoms with Crippen LogP contribution in [0.15, 0.2) is 0 Å². The number of aliphatic hydroxyl groups excluding tert-OH is 1. The van der Waals surface area contributed by atoms with Crippen LogP contribution in [-0.4, -0.2) is 23.6 Å². The van der Waals surface area contributed by atoms with Crippen molar-refractivity contribution in [3.8, 4) is 0 Å². The molecule has 1 N–H and O–H groups in total. The minimum Gasteiger partial charge on any atom is -0.393 e. The van der Waals surface area contributed by atoms with Crippen LogP contribution in [0.25, 0.3) is 0 Å². The van der Waals surface area contributed by atoms with Crippen LogP contribution in [0.4, 0.5) is 0 Å². The van der Waals surface area contributed by atoms with Gasteiger partial charge in [0.05, 0.1) is 12.2 Å². The summed E-state index contributed by atoms with van der Waals surface area (Å²) in [5, 5.41) is 18.9. The third-order valence-electron chi connectivity index (χ3n) is 0.866. The Morgan fingerprint density at radius 2 is 2.11 bits per heavy atom. The quantitative estimate of drug-likeness (QED) is 0.571. The maximum atomic E-state index is 10.4. The lowest BCUT2D eigenvalue weighted by atomic mass is 10.1. The third-order valence-corrected chi connectivity index (χ3v) is 0.866. The lowest BCUT2D eigenvalue weighted by molar-refractivity contribution is -0.201. The van der Waals surface area contributed by atoms with Crippen molar-refractivity contribution >= 4 is 0 Å². The number of hydrogen-bond donors (Lipinski definition) is 1. The fourth-order valence-electron chi connectivity index (χ4n) is 0.487. The second-order valence-corrected chi connectivity index (χ2v) is 2.60. The van der Waals surface area contributed by atoms with Crippen molar-refractivity contribution < 1.29 is 14.9 Å². The zero-order valence-electron chi connectivity index (χ0n) is 6.05. The number of ether oxygens (including phenoxy) is 1. The van der Waals surface area contributed by atoms with Crippen LogP contribution in [0.2, 0.25) is 0 Å². The average molecular weight is 133 g/mol. The van der Waals surface area contributed by atoms with Gasteiger partial charge < -0.3 is 9.84 Å². The minimum atomic E-state index is -1.06. The molecule has 0 amide bonds. The van der Waals surface area contributed by atoms with Crippen molar-refractivity contribution in [3.63, 3.8) is 0 Å². The van der Waals surface area contributed by atoms with Crippen molar-refractivity contribution in [1.29, 1.82) is 0 Å². The summed E-state index contributed by atoms with van der Waals surface area (Å²) in [7, 11) is 0. The standard InChI is InChI=1S/C6H13O3/c1-5(8)9-6(2,3)4-7/h5,7H,4H2,1-3H3. The van der Waals surface area contributed by atoms with E-state index < -0.39 is 11.9 Å². The molecule has 1 unspecified atom stereocenters. The van der Waals surface area contributed by atoms with E-state index in [1.54, 1.807) is 13.8 Å². The summed E-state index contributed by atoms with van der Waals surface area (Å²) >= 11 is 0. The van der Waals surface area contributed by atoms with Crippen molar-refractivity contribution in [1.82, 2.24) is 0 Å². The van der Waals surface area contributed by atoms with Crippen LogP contribution in [0.5, 0.6) is 0 Å². The van der Waals surface area contributed by atoms with Crippen molar-refractivity contribution in [2.45, 2.75) is 32.7 Å². The van der Waals surface area contributed by atoms with Gasteiger partial charge in [0.15, 0.2) is 6.29 Å². The lowest BCUT2D eigenvalue weighted by Gasteiger charge is -2.22. The monoisotopic (exact) mass is 133 g/mol. The van der Waals surface area contributed by atoms with Gasteiger partial charge in [0.2, 0.25) is 0 Å². The van der Waals surface area contributed by atoms with E-state index in [-0.39, 0.29) is 6.61 Å².